The average Bonchev–Trinajstić information content (AvgIpc) is 3.16. The molecule has 1 N–H and O–H groups in total. The molecule has 1 unspecified atom stereocenters. The van der Waals surface area contributed by atoms with E-state index in [1.165, 1.54) is 5.56 Å². The summed E-state index contributed by atoms with van der Waals surface area (Å²) < 4.78 is 11.4. The number of furan rings is 1. The summed E-state index contributed by atoms with van der Waals surface area (Å²) in [5, 5.41) is 3.71. The summed E-state index contributed by atoms with van der Waals surface area (Å²) in [6.07, 6.45) is 3.58. The van der Waals surface area contributed by atoms with E-state index in [0.29, 0.717) is 34.3 Å². The number of aryl methyl sites for hydroxylation is 1. The topological polar surface area (TPSA) is 54.7 Å². The highest BCUT2D eigenvalue weighted by Gasteiger charge is 2.30. The maximum atomic E-state index is 12.6. The molecule has 0 spiro atoms. The van der Waals surface area contributed by atoms with E-state index >= 15 is 0 Å². The number of nitrogens with zero attached hydrogens (tertiary/aromatic N) is 1. The first-order valence-electron chi connectivity index (χ1n) is 11.5. The third kappa shape index (κ3) is 5.79. The van der Waals surface area contributed by atoms with Gasteiger partial charge in [0, 0.05) is 28.7 Å². The fraction of sp³-hybridized carbons (Fsp3) is 0.370. The number of hydrogen-bond donors (Lipinski definition) is 1. The molecule has 4 rings (SSSR count). The van der Waals surface area contributed by atoms with Crippen molar-refractivity contribution in [3.8, 4) is 17.1 Å². The standard InChI is InChI=1S/C27H31ClN2O3/c1-18-24(17-25(32-18)19-9-13-22(28)14-10-19)33-27(31)29-23-15-11-21(12-16-23)26(30(2)3)20-7-5-4-6-8-20/h4-10,13-14,17,21,23,26H,11-12,15-16H2,1-3H3,(H,29,31). The Hall–Kier alpha value is -2.76. The number of benzene rings is 2. The lowest BCUT2D eigenvalue weighted by atomic mass is 9.79. The van der Waals surface area contributed by atoms with Gasteiger partial charge in [-0.2, -0.15) is 0 Å². The first-order valence-corrected chi connectivity index (χ1v) is 11.8. The van der Waals surface area contributed by atoms with E-state index in [9.17, 15) is 4.79 Å². The van der Waals surface area contributed by atoms with Crippen LogP contribution in [0.1, 0.15) is 43.0 Å². The number of ether oxygens (including phenoxy) is 1. The van der Waals surface area contributed by atoms with Crippen LogP contribution in [0.5, 0.6) is 5.75 Å². The summed E-state index contributed by atoms with van der Waals surface area (Å²) in [7, 11) is 4.29. The van der Waals surface area contributed by atoms with Crippen molar-refractivity contribution >= 4 is 17.7 Å². The first kappa shape index (κ1) is 23.4. The zero-order valence-electron chi connectivity index (χ0n) is 19.4. The minimum atomic E-state index is -0.433. The van der Waals surface area contributed by atoms with Crippen molar-refractivity contribution in [1.29, 1.82) is 0 Å². The second kappa shape index (κ2) is 10.4. The lowest BCUT2D eigenvalue weighted by Crippen LogP contribution is -2.41. The zero-order valence-corrected chi connectivity index (χ0v) is 20.1. The van der Waals surface area contributed by atoms with Crippen molar-refractivity contribution in [2.75, 3.05) is 14.1 Å². The third-order valence-corrected chi connectivity index (χ3v) is 6.69. The number of carbonyl (C=O) groups is 1. The van der Waals surface area contributed by atoms with Crippen LogP contribution in [-0.2, 0) is 0 Å². The van der Waals surface area contributed by atoms with Crippen LogP contribution < -0.4 is 10.1 Å². The maximum absolute atomic E-state index is 12.6. The van der Waals surface area contributed by atoms with Crippen LogP contribution in [-0.4, -0.2) is 31.1 Å². The van der Waals surface area contributed by atoms with Crippen molar-refractivity contribution in [2.45, 2.75) is 44.7 Å². The highest BCUT2D eigenvalue weighted by atomic mass is 35.5. The summed E-state index contributed by atoms with van der Waals surface area (Å²) >= 11 is 5.96. The van der Waals surface area contributed by atoms with E-state index in [0.717, 1.165) is 31.2 Å². The van der Waals surface area contributed by atoms with Gasteiger partial charge in [0.2, 0.25) is 0 Å². The van der Waals surface area contributed by atoms with Gasteiger partial charge in [-0.15, -0.1) is 0 Å². The lowest BCUT2D eigenvalue weighted by molar-refractivity contribution is 0.151. The number of halogens is 1. The molecule has 33 heavy (non-hydrogen) atoms. The fourth-order valence-electron chi connectivity index (χ4n) is 4.84. The molecule has 1 aliphatic carbocycles. The van der Waals surface area contributed by atoms with E-state index in [4.69, 9.17) is 20.8 Å². The summed E-state index contributed by atoms with van der Waals surface area (Å²) in [6.45, 7) is 1.79. The van der Waals surface area contributed by atoms with Crippen LogP contribution in [0.25, 0.3) is 11.3 Å². The SMILES string of the molecule is Cc1oc(-c2ccc(Cl)cc2)cc1OC(=O)NC1CCC(C(c2ccccc2)N(C)C)CC1. The van der Waals surface area contributed by atoms with Gasteiger partial charge in [-0.25, -0.2) is 4.79 Å². The molecule has 0 bridgehead atoms. The monoisotopic (exact) mass is 466 g/mol. The van der Waals surface area contributed by atoms with Crippen molar-refractivity contribution in [2.24, 2.45) is 5.92 Å². The van der Waals surface area contributed by atoms with Crippen molar-refractivity contribution in [3.05, 3.63) is 77.0 Å². The van der Waals surface area contributed by atoms with Gasteiger partial charge in [-0.05, 0) is 82.4 Å². The molecule has 6 heteroatoms. The summed E-state index contributed by atoms with van der Waals surface area (Å²) in [5.41, 5.74) is 2.23. The molecule has 5 nitrogen and oxygen atoms in total. The Morgan fingerprint density at radius 1 is 1.06 bits per heavy atom. The fourth-order valence-corrected chi connectivity index (χ4v) is 4.97. The Labute approximate surface area is 200 Å². The molecule has 174 valence electrons. The number of carbonyl (C=O) groups excluding carboxylic acids is 1. The normalized spacial score (nSPS) is 19.3. The number of rotatable bonds is 6. The minimum absolute atomic E-state index is 0.121. The van der Waals surface area contributed by atoms with Crippen LogP contribution in [0, 0.1) is 12.8 Å². The molecule has 1 heterocycles. The molecule has 1 aromatic heterocycles. The number of nitrogens with one attached hydrogen (secondary N) is 1. The second-order valence-corrected chi connectivity index (χ2v) is 9.44. The molecule has 1 aliphatic rings. The highest BCUT2D eigenvalue weighted by molar-refractivity contribution is 6.30. The first-order chi connectivity index (χ1) is 15.9. The van der Waals surface area contributed by atoms with Gasteiger partial charge in [-0.1, -0.05) is 41.9 Å². The van der Waals surface area contributed by atoms with Gasteiger partial charge in [-0.3, -0.25) is 0 Å². The third-order valence-electron chi connectivity index (χ3n) is 6.44. The van der Waals surface area contributed by atoms with Gasteiger partial charge >= 0.3 is 6.09 Å². The quantitative estimate of drug-likeness (QED) is 0.431. The summed E-state index contributed by atoms with van der Waals surface area (Å²) in [4.78, 5) is 14.9. The van der Waals surface area contributed by atoms with E-state index in [2.05, 4.69) is 54.6 Å². The van der Waals surface area contributed by atoms with Gasteiger partial charge in [0.1, 0.15) is 11.5 Å². The maximum Gasteiger partial charge on any atom is 0.412 e. The van der Waals surface area contributed by atoms with Gasteiger partial charge in [0.25, 0.3) is 0 Å². The smallest absolute Gasteiger partial charge is 0.412 e. The molecular weight excluding hydrogens is 436 g/mol. The Morgan fingerprint density at radius 2 is 1.73 bits per heavy atom. The largest absolute Gasteiger partial charge is 0.457 e. The Morgan fingerprint density at radius 3 is 2.36 bits per heavy atom. The van der Waals surface area contributed by atoms with Crippen LogP contribution in [0.4, 0.5) is 4.79 Å². The van der Waals surface area contributed by atoms with E-state index in [1.807, 2.05) is 12.1 Å². The van der Waals surface area contributed by atoms with Crippen LogP contribution >= 0.6 is 11.6 Å². The van der Waals surface area contributed by atoms with Gasteiger partial charge in [0.15, 0.2) is 5.75 Å². The minimum Gasteiger partial charge on any atom is -0.457 e. The Kier molecular flexibility index (Phi) is 7.41. The molecule has 0 radical (unpaired) electrons. The van der Waals surface area contributed by atoms with E-state index < -0.39 is 6.09 Å². The van der Waals surface area contributed by atoms with E-state index in [-0.39, 0.29) is 6.04 Å². The molecule has 1 atom stereocenters. The number of hydrogen-bond acceptors (Lipinski definition) is 4. The van der Waals surface area contributed by atoms with Crippen LogP contribution in [0.15, 0.2) is 65.1 Å². The molecule has 0 aliphatic heterocycles. The summed E-state index contributed by atoms with van der Waals surface area (Å²) in [6, 6.07) is 20.3. The molecule has 1 saturated carbocycles. The lowest BCUT2D eigenvalue weighted by Gasteiger charge is -2.37. The molecular formula is C27H31ClN2O3. The Bertz CT molecular complexity index is 1050. The Balaban J connectivity index is 1.32. The van der Waals surface area contributed by atoms with Crippen LogP contribution in [0.3, 0.4) is 0 Å². The molecule has 1 amide bonds. The molecule has 1 fully saturated rings. The molecule has 0 saturated heterocycles. The predicted molar refractivity (Wildman–Crippen MR) is 132 cm³/mol. The van der Waals surface area contributed by atoms with Crippen molar-refractivity contribution in [3.63, 3.8) is 0 Å². The van der Waals surface area contributed by atoms with Crippen molar-refractivity contribution in [1.82, 2.24) is 10.2 Å². The summed E-state index contributed by atoms with van der Waals surface area (Å²) in [5.74, 6) is 2.20. The number of amides is 1. The molecule has 2 aromatic carbocycles. The average molecular weight is 467 g/mol. The van der Waals surface area contributed by atoms with Crippen molar-refractivity contribution < 1.29 is 13.9 Å². The van der Waals surface area contributed by atoms with Gasteiger partial charge in [0.05, 0.1) is 0 Å². The predicted octanol–water partition coefficient (Wildman–Crippen LogP) is 6.86. The van der Waals surface area contributed by atoms with Gasteiger partial charge < -0.3 is 19.4 Å². The molecule has 3 aromatic rings. The van der Waals surface area contributed by atoms with E-state index in [1.54, 1.807) is 25.1 Å². The highest BCUT2D eigenvalue weighted by Crippen LogP contribution is 2.37. The second-order valence-electron chi connectivity index (χ2n) is 9.00. The van der Waals surface area contributed by atoms with Crippen LogP contribution in [0.2, 0.25) is 5.02 Å². The zero-order chi connectivity index (χ0) is 23.4.